The highest BCUT2D eigenvalue weighted by Gasteiger charge is 2.26. The molecule has 6 rings (SSSR count). The van der Waals surface area contributed by atoms with E-state index in [0.29, 0.717) is 35.0 Å². The number of ether oxygens (including phenoxy) is 2. The fourth-order valence-electron chi connectivity index (χ4n) is 5.13. The lowest BCUT2D eigenvalue weighted by Crippen LogP contribution is -2.39. The molecule has 1 aliphatic rings. The highest BCUT2D eigenvalue weighted by molar-refractivity contribution is 5.78. The molecule has 1 aliphatic carbocycles. The maximum absolute atomic E-state index is 15.1. The molecule has 220 valence electrons. The van der Waals surface area contributed by atoms with Crippen LogP contribution in [0.25, 0.3) is 16.6 Å². The number of fused-ring (bicyclic) bond motifs is 2. The van der Waals surface area contributed by atoms with E-state index in [0.717, 1.165) is 23.9 Å². The molecule has 11 nitrogen and oxygen atoms in total. The van der Waals surface area contributed by atoms with Crippen LogP contribution in [0.1, 0.15) is 60.8 Å². The topological polar surface area (TPSA) is 134 Å². The Bertz CT molecular complexity index is 1840. The van der Waals surface area contributed by atoms with Crippen LogP contribution in [0.4, 0.5) is 15.0 Å². The zero-order valence-electron chi connectivity index (χ0n) is 23.8. The van der Waals surface area contributed by atoms with Crippen LogP contribution in [0.5, 0.6) is 0 Å². The summed E-state index contributed by atoms with van der Waals surface area (Å²) in [5, 5.41) is 7.24. The molecule has 3 heterocycles. The van der Waals surface area contributed by atoms with Crippen molar-refractivity contribution in [1.82, 2.24) is 34.4 Å². The smallest absolute Gasteiger partial charge is 0.407 e. The summed E-state index contributed by atoms with van der Waals surface area (Å²) < 4.78 is 29.4. The first-order chi connectivity index (χ1) is 20.9. The molecule has 0 spiro atoms. The maximum Gasteiger partial charge on any atom is 0.407 e. The van der Waals surface area contributed by atoms with E-state index in [4.69, 9.17) is 20.2 Å². The number of halogens is 1. The Labute approximate surface area is 247 Å². The third-order valence-corrected chi connectivity index (χ3v) is 7.39. The molecule has 3 N–H and O–H groups in total. The molecule has 2 aromatic carbocycles. The summed E-state index contributed by atoms with van der Waals surface area (Å²) >= 11 is 0. The largest absolute Gasteiger partial charge is 0.445 e. The van der Waals surface area contributed by atoms with E-state index >= 15 is 4.39 Å². The van der Waals surface area contributed by atoms with Gasteiger partial charge in [0, 0.05) is 25.1 Å². The normalized spacial score (nSPS) is 14.3. The lowest BCUT2D eigenvalue weighted by Gasteiger charge is -2.21. The first-order valence-corrected chi connectivity index (χ1v) is 14.0. The zero-order chi connectivity index (χ0) is 29.9. The average Bonchev–Trinajstić information content (AvgIpc) is 3.65. The van der Waals surface area contributed by atoms with Crippen LogP contribution < -0.4 is 11.1 Å². The van der Waals surface area contributed by atoms with Gasteiger partial charge in [0.2, 0.25) is 0 Å². The second-order valence-electron chi connectivity index (χ2n) is 10.7. The second-order valence-corrected chi connectivity index (χ2v) is 10.7. The van der Waals surface area contributed by atoms with Gasteiger partial charge in [-0.15, -0.1) is 0 Å². The number of hydrogen-bond acceptors (Lipinski definition) is 8. The Morgan fingerprint density at radius 2 is 2.02 bits per heavy atom. The summed E-state index contributed by atoms with van der Waals surface area (Å²) in [4.78, 5) is 25.8. The van der Waals surface area contributed by atoms with Crippen molar-refractivity contribution in [2.45, 2.75) is 50.8 Å². The van der Waals surface area contributed by atoms with Crippen molar-refractivity contribution in [2.24, 2.45) is 0 Å². The number of alkyl carbamates (subject to hydrolysis) is 1. The van der Waals surface area contributed by atoms with E-state index in [9.17, 15) is 4.79 Å². The van der Waals surface area contributed by atoms with E-state index in [1.807, 2.05) is 41.8 Å². The van der Waals surface area contributed by atoms with Crippen molar-refractivity contribution in [3.8, 4) is 11.8 Å². The molecule has 1 unspecified atom stereocenters. The predicted molar refractivity (Wildman–Crippen MR) is 158 cm³/mol. The number of nitrogens with one attached hydrogen (secondary N) is 1. The number of methoxy groups -OCH3 is 1. The van der Waals surface area contributed by atoms with Gasteiger partial charge in [0.15, 0.2) is 5.82 Å². The first kappa shape index (κ1) is 28.1. The highest BCUT2D eigenvalue weighted by Crippen LogP contribution is 2.37. The predicted octanol–water partition coefficient (Wildman–Crippen LogP) is 4.37. The van der Waals surface area contributed by atoms with Gasteiger partial charge in [-0.05, 0) is 36.8 Å². The van der Waals surface area contributed by atoms with E-state index < -0.39 is 11.9 Å². The average molecular weight is 583 g/mol. The van der Waals surface area contributed by atoms with Crippen LogP contribution in [-0.2, 0) is 16.1 Å². The summed E-state index contributed by atoms with van der Waals surface area (Å²) in [7, 11) is 1.56. The van der Waals surface area contributed by atoms with Gasteiger partial charge in [-0.25, -0.2) is 28.7 Å². The molecule has 1 saturated carbocycles. The van der Waals surface area contributed by atoms with Crippen LogP contribution >= 0.6 is 0 Å². The van der Waals surface area contributed by atoms with Crippen molar-refractivity contribution in [3.63, 3.8) is 0 Å². The molecule has 3 aromatic heterocycles. The van der Waals surface area contributed by atoms with Crippen molar-refractivity contribution in [2.75, 3.05) is 19.5 Å². The summed E-state index contributed by atoms with van der Waals surface area (Å²) in [5.74, 6) is 5.99. The number of carbonyl (C=O) groups excluding carboxylic acids is 1. The second kappa shape index (κ2) is 12.1. The van der Waals surface area contributed by atoms with Gasteiger partial charge in [0.05, 0.1) is 35.6 Å². The number of anilines is 1. The van der Waals surface area contributed by atoms with Crippen LogP contribution in [-0.4, -0.2) is 55.0 Å². The summed E-state index contributed by atoms with van der Waals surface area (Å²) in [6, 6.07) is 12.6. The zero-order valence-corrected chi connectivity index (χ0v) is 23.8. The van der Waals surface area contributed by atoms with Crippen LogP contribution in [0.3, 0.4) is 0 Å². The molecule has 0 aliphatic heterocycles. The Morgan fingerprint density at radius 3 is 2.79 bits per heavy atom. The quantitative estimate of drug-likeness (QED) is 0.245. The van der Waals surface area contributed by atoms with Gasteiger partial charge in [-0.1, -0.05) is 43.2 Å². The molecule has 0 bridgehead atoms. The minimum atomic E-state index is -0.551. The van der Waals surface area contributed by atoms with E-state index in [1.165, 1.54) is 12.4 Å². The fraction of sp³-hybridized carbons (Fsp3) is 0.323. The lowest BCUT2D eigenvalue weighted by atomic mass is 10.0. The molecule has 2 atom stereocenters. The van der Waals surface area contributed by atoms with Crippen molar-refractivity contribution in [3.05, 3.63) is 83.6 Å². The Kier molecular flexibility index (Phi) is 7.89. The van der Waals surface area contributed by atoms with Crippen molar-refractivity contribution in [1.29, 1.82) is 0 Å². The number of nitrogens with zero attached hydrogens (tertiary/aromatic N) is 6. The number of nitrogens with two attached hydrogens (primary N) is 1. The first-order valence-electron chi connectivity index (χ1n) is 14.0. The van der Waals surface area contributed by atoms with E-state index in [2.05, 4.69) is 32.2 Å². The number of rotatable bonds is 9. The summed E-state index contributed by atoms with van der Waals surface area (Å²) in [6.45, 7) is 2.37. The van der Waals surface area contributed by atoms with Gasteiger partial charge >= 0.3 is 6.09 Å². The fourth-order valence-corrected chi connectivity index (χ4v) is 5.13. The number of aromatic nitrogens is 6. The summed E-state index contributed by atoms with van der Waals surface area (Å²) in [6.07, 6.45) is 5.15. The minimum absolute atomic E-state index is 0.154. The Balaban J connectivity index is 1.23. The number of nitrogen functional groups attached to an aromatic ring is 1. The van der Waals surface area contributed by atoms with Crippen LogP contribution in [0.2, 0.25) is 0 Å². The molecule has 0 saturated heterocycles. The molecule has 1 fully saturated rings. The van der Waals surface area contributed by atoms with Gasteiger partial charge in [-0.3, -0.25) is 0 Å². The van der Waals surface area contributed by atoms with Gasteiger partial charge in [0.25, 0.3) is 0 Å². The molecule has 5 aromatic rings. The molecule has 0 radical (unpaired) electrons. The van der Waals surface area contributed by atoms with Crippen LogP contribution in [0, 0.1) is 17.7 Å². The van der Waals surface area contributed by atoms with E-state index in [-0.39, 0.29) is 36.6 Å². The van der Waals surface area contributed by atoms with Crippen molar-refractivity contribution < 1.29 is 18.7 Å². The lowest BCUT2D eigenvalue weighted by molar-refractivity contribution is 0.117. The Morgan fingerprint density at radius 1 is 1.21 bits per heavy atom. The molecule has 12 heteroatoms. The number of imidazole rings is 2. The molecule has 43 heavy (non-hydrogen) atoms. The third kappa shape index (κ3) is 6.12. The Hall–Kier alpha value is -5.02. The standard InChI is InChI=1S/C31H31FN8O3/c1-19(12-22(16-42-2)37-31(41)43-15-20-6-4-3-5-7-20)30-38-25(28-29(33)34-17-36-40(28)30)11-8-21-13-26-27(14-24(21)32)39(18-35-26)23-9-10-23/h3-7,13-14,17-19,22-23H,9-10,12,15-16H2,1-2H3,(H,37,41)(H2,33,34,36)/t19?,22-/m1/s1. The summed E-state index contributed by atoms with van der Waals surface area (Å²) in [5.41, 5.74) is 9.50. The molecular formula is C31H31FN8O3. The van der Waals surface area contributed by atoms with Gasteiger partial charge in [0.1, 0.15) is 35.8 Å². The monoisotopic (exact) mass is 582 g/mol. The highest BCUT2D eigenvalue weighted by atomic mass is 19.1. The van der Waals surface area contributed by atoms with Crippen LogP contribution in [0.15, 0.2) is 55.1 Å². The van der Waals surface area contributed by atoms with Gasteiger partial charge < -0.3 is 25.1 Å². The number of benzene rings is 2. The number of carbonyl (C=O) groups is 1. The van der Waals surface area contributed by atoms with Gasteiger partial charge in [-0.2, -0.15) is 5.10 Å². The minimum Gasteiger partial charge on any atom is -0.445 e. The number of amides is 1. The SMILES string of the molecule is COC[C@@H](CC(C)c1nc(C#Cc2cc3ncn(C4CC4)c3cc2F)c2c(N)ncnn12)NC(=O)OCc1ccccc1. The molecule has 1 amide bonds. The molecular weight excluding hydrogens is 551 g/mol. The van der Waals surface area contributed by atoms with Crippen molar-refractivity contribution >= 4 is 28.5 Å². The third-order valence-electron chi connectivity index (χ3n) is 7.39. The van der Waals surface area contributed by atoms with E-state index in [1.54, 1.807) is 24.0 Å². The maximum atomic E-state index is 15.1. The number of hydrogen-bond donors (Lipinski definition) is 2.